The van der Waals surface area contributed by atoms with Crippen LogP contribution in [0.1, 0.15) is 6.92 Å². The number of nitrogens with two attached hydrogens (primary N) is 1. The number of carbonyl (C=O) groups excluding carboxylic acids is 2. The van der Waals surface area contributed by atoms with Crippen molar-refractivity contribution in [1.29, 1.82) is 0 Å². The molecule has 1 aromatic rings. The largest absolute Gasteiger partial charge is 0.452 e. The third kappa shape index (κ3) is 6.33. The van der Waals surface area contributed by atoms with Gasteiger partial charge in [0.25, 0.3) is 5.91 Å². The molecule has 0 saturated carbocycles. The van der Waals surface area contributed by atoms with Crippen LogP contribution in [-0.2, 0) is 24.3 Å². The van der Waals surface area contributed by atoms with E-state index in [-0.39, 0.29) is 4.90 Å². The fourth-order valence-corrected chi connectivity index (χ4v) is 1.87. The summed E-state index contributed by atoms with van der Waals surface area (Å²) in [6.45, 7) is 1.35. The molecule has 0 spiro atoms. The first-order valence-corrected chi connectivity index (χ1v) is 7.76. The van der Waals surface area contributed by atoms with E-state index in [2.05, 4.69) is 5.32 Å². The molecule has 0 aliphatic rings. The van der Waals surface area contributed by atoms with Gasteiger partial charge in [-0.2, -0.15) is 0 Å². The molecule has 0 radical (unpaired) electrons. The maximum Gasteiger partial charge on any atom is 0.331 e. The number of anilines is 1. The monoisotopic (exact) mass is 324 g/mol. The van der Waals surface area contributed by atoms with Crippen molar-refractivity contribution >= 4 is 27.6 Å². The van der Waals surface area contributed by atoms with Crippen LogP contribution in [0.2, 0.25) is 0 Å². The van der Waals surface area contributed by atoms with Gasteiger partial charge in [-0.05, 0) is 31.2 Å². The number of amides is 1. The quantitative estimate of drug-likeness (QED) is 0.459. The van der Waals surface area contributed by atoms with Crippen molar-refractivity contribution in [3.8, 4) is 0 Å². The molecule has 22 heavy (non-hydrogen) atoms. The van der Waals surface area contributed by atoms with Gasteiger partial charge in [0.2, 0.25) is 10.0 Å². The first-order valence-electron chi connectivity index (χ1n) is 6.22. The van der Waals surface area contributed by atoms with Crippen molar-refractivity contribution in [2.45, 2.75) is 11.8 Å². The number of sulfonamides is 1. The van der Waals surface area contributed by atoms with Gasteiger partial charge in [0.05, 0.1) is 4.90 Å². The van der Waals surface area contributed by atoms with Crippen LogP contribution >= 0.6 is 0 Å². The van der Waals surface area contributed by atoms with Gasteiger partial charge >= 0.3 is 5.97 Å². The van der Waals surface area contributed by atoms with Gasteiger partial charge in [0.15, 0.2) is 6.61 Å². The Kier molecular flexibility index (Phi) is 6.48. The van der Waals surface area contributed by atoms with Crippen LogP contribution in [-0.4, -0.2) is 26.9 Å². The Morgan fingerprint density at radius 2 is 1.86 bits per heavy atom. The minimum Gasteiger partial charge on any atom is -0.452 e. The second-order valence-corrected chi connectivity index (χ2v) is 5.67. The zero-order valence-electron chi connectivity index (χ0n) is 11.9. The normalized spacial score (nSPS) is 11.7. The molecule has 0 saturated heterocycles. The Hall–Kier alpha value is -2.45. The fourth-order valence-electron chi connectivity index (χ4n) is 1.36. The summed E-state index contributed by atoms with van der Waals surface area (Å²) in [6.07, 6.45) is 6.07. The van der Waals surface area contributed by atoms with E-state index in [1.807, 2.05) is 0 Å². The van der Waals surface area contributed by atoms with Gasteiger partial charge in [-0.25, -0.2) is 18.4 Å². The van der Waals surface area contributed by atoms with E-state index in [1.165, 1.54) is 36.4 Å². The summed E-state index contributed by atoms with van der Waals surface area (Å²) in [7, 11) is -3.78. The molecule has 1 amide bonds. The first kappa shape index (κ1) is 17.6. The number of nitrogens with one attached hydrogen (secondary N) is 1. The topological polar surface area (TPSA) is 116 Å². The third-order valence-corrected chi connectivity index (χ3v) is 3.28. The lowest BCUT2D eigenvalue weighted by atomic mass is 10.3. The van der Waals surface area contributed by atoms with E-state index in [1.54, 1.807) is 19.1 Å². The molecule has 0 aliphatic heterocycles. The lowest BCUT2D eigenvalue weighted by Crippen LogP contribution is -2.20. The van der Waals surface area contributed by atoms with Crippen LogP contribution in [0.25, 0.3) is 0 Å². The molecular formula is C14H16N2O5S. The summed E-state index contributed by atoms with van der Waals surface area (Å²) in [6, 6.07) is 5.28. The molecule has 8 heteroatoms. The molecule has 0 aliphatic carbocycles. The summed E-state index contributed by atoms with van der Waals surface area (Å²) in [4.78, 5) is 22.7. The van der Waals surface area contributed by atoms with Gasteiger partial charge in [-0.1, -0.05) is 18.2 Å². The zero-order chi connectivity index (χ0) is 16.6. The van der Waals surface area contributed by atoms with Crippen LogP contribution in [0.3, 0.4) is 0 Å². The lowest BCUT2D eigenvalue weighted by Gasteiger charge is -2.06. The predicted molar refractivity (Wildman–Crippen MR) is 81.4 cm³/mol. The van der Waals surface area contributed by atoms with Crippen molar-refractivity contribution < 1.29 is 22.7 Å². The summed E-state index contributed by atoms with van der Waals surface area (Å²) in [5.74, 6) is -1.19. The summed E-state index contributed by atoms with van der Waals surface area (Å²) >= 11 is 0. The molecule has 1 aromatic carbocycles. The summed E-state index contributed by atoms with van der Waals surface area (Å²) in [5.41, 5.74) is 0.359. The molecule has 0 unspecified atom stereocenters. The minimum absolute atomic E-state index is 0.0638. The second-order valence-electron chi connectivity index (χ2n) is 4.11. The highest BCUT2D eigenvalue weighted by molar-refractivity contribution is 7.89. The average molecular weight is 324 g/mol. The number of primary sulfonamides is 1. The van der Waals surface area contributed by atoms with Gasteiger partial charge in [-0.3, -0.25) is 4.79 Å². The average Bonchev–Trinajstić information content (AvgIpc) is 2.45. The maximum atomic E-state index is 11.6. The Balaban J connectivity index is 2.50. The van der Waals surface area contributed by atoms with Crippen molar-refractivity contribution in [3.63, 3.8) is 0 Å². The van der Waals surface area contributed by atoms with Gasteiger partial charge in [0, 0.05) is 11.8 Å². The second kappa shape index (κ2) is 8.11. The highest BCUT2D eigenvalue weighted by atomic mass is 32.2. The van der Waals surface area contributed by atoms with Crippen LogP contribution in [0.15, 0.2) is 53.5 Å². The fraction of sp³-hybridized carbons (Fsp3) is 0.143. The Bertz CT molecular complexity index is 690. The number of carbonyl (C=O) groups is 2. The van der Waals surface area contributed by atoms with Crippen LogP contribution in [0.4, 0.5) is 5.69 Å². The Morgan fingerprint density at radius 1 is 1.23 bits per heavy atom. The SMILES string of the molecule is C/C=C/C=C/C(=O)OCC(=O)Nc1ccc(S(N)(=O)=O)cc1. The lowest BCUT2D eigenvalue weighted by molar-refractivity contribution is -0.142. The van der Waals surface area contributed by atoms with Crippen LogP contribution in [0, 0.1) is 0 Å². The molecule has 118 valence electrons. The van der Waals surface area contributed by atoms with E-state index < -0.39 is 28.5 Å². The Morgan fingerprint density at radius 3 is 2.41 bits per heavy atom. The number of benzene rings is 1. The van der Waals surface area contributed by atoms with Crippen molar-refractivity contribution in [3.05, 3.63) is 48.6 Å². The van der Waals surface area contributed by atoms with E-state index in [9.17, 15) is 18.0 Å². The summed E-state index contributed by atoms with van der Waals surface area (Å²) in [5, 5.41) is 7.41. The zero-order valence-corrected chi connectivity index (χ0v) is 12.7. The number of rotatable bonds is 6. The smallest absolute Gasteiger partial charge is 0.331 e. The Labute approximate surface area is 128 Å². The highest BCUT2D eigenvalue weighted by Gasteiger charge is 2.09. The number of allylic oxidation sites excluding steroid dienone is 3. The standard InChI is InChI=1S/C14H16N2O5S/c1-2-3-4-5-14(18)21-10-13(17)16-11-6-8-12(9-7-11)22(15,19)20/h2-9H,10H2,1H3,(H,16,17)(H2,15,19,20)/b3-2+,5-4+. The molecular weight excluding hydrogens is 308 g/mol. The van der Waals surface area contributed by atoms with E-state index in [4.69, 9.17) is 9.88 Å². The van der Waals surface area contributed by atoms with Crippen molar-refractivity contribution in [2.75, 3.05) is 11.9 Å². The number of esters is 1. The first-order chi connectivity index (χ1) is 10.3. The van der Waals surface area contributed by atoms with Crippen LogP contribution < -0.4 is 10.5 Å². The number of ether oxygens (including phenoxy) is 1. The van der Waals surface area contributed by atoms with Gasteiger partial charge < -0.3 is 10.1 Å². The van der Waals surface area contributed by atoms with E-state index >= 15 is 0 Å². The van der Waals surface area contributed by atoms with E-state index in [0.29, 0.717) is 5.69 Å². The molecule has 0 bridgehead atoms. The summed E-state index contributed by atoms with van der Waals surface area (Å²) < 4.78 is 26.9. The third-order valence-electron chi connectivity index (χ3n) is 2.35. The van der Waals surface area contributed by atoms with E-state index in [0.717, 1.165) is 0 Å². The number of hydrogen-bond acceptors (Lipinski definition) is 5. The molecule has 0 heterocycles. The number of hydrogen-bond donors (Lipinski definition) is 2. The molecule has 1 rings (SSSR count). The molecule has 0 aromatic heterocycles. The van der Waals surface area contributed by atoms with Crippen molar-refractivity contribution in [2.24, 2.45) is 5.14 Å². The molecule has 3 N–H and O–H groups in total. The van der Waals surface area contributed by atoms with Crippen LogP contribution in [0.5, 0.6) is 0 Å². The van der Waals surface area contributed by atoms with Gasteiger partial charge in [0.1, 0.15) is 0 Å². The molecule has 0 fully saturated rings. The maximum absolute atomic E-state index is 11.6. The minimum atomic E-state index is -3.78. The predicted octanol–water partition coefficient (Wildman–Crippen LogP) is 0.948. The highest BCUT2D eigenvalue weighted by Crippen LogP contribution is 2.12. The molecule has 7 nitrogen and oxygen atoms in total. The van der Waals surface area contributed by atoms with Gasteiger partial charge in [-0.15, -0.1) is 0 Å². The molecule has 0 atom stereocenters. The van der Waals surface area contributed by atoms with Crippen molar-refractivity contribution in [1.82, 2.24) is 0 Å².